The van der Waals surface area contributed by atoms with Crippen molar-refractivity contribution in [3.05, 3.63) is 89.2 Å². The topological polar surface area (TPSA) is 101 Å². The first-order valence-corrected chi connectivity index (χ1v) is 14.7. The van der Waals surface area contributed by atoms with Crippen molar-refractivity contribution in [1.29, 1.82) is 0 Å². The molecule has 2 aromatic carbocycles. The number of likely N-dealkylation sites (tertiary alicyclic amines) is 1. The molecule has 2 fully saturated rings. The third kappa shape index (κ3) is 7.89. The van der Waals surface area contributed by atoms with Gasteiger partial charge in [-0.1, -0.05) is 42.5 Å². The summed E-state index contributed by atoms with van der Waals surface area (Å²) >= 11 is 0. The number of nitrogens with one attached hydrogen (secondary N) is 1. The number of alkyl halides is 2. The highest BCUT2D eigenvalue weighted by Gasteiger charge is 2.39. The monoisotopic (exact) mass is 606 g/mol. The minimum Gasteiger partial charge on any atom is -0.489 e. The van der Waals surface area contributed by atoms with E-state index in [1.54, 1.807) is 42.3 Å². The Bertz CT molecular complexity index is 1480. The molecule has 3 aromatic rings. The Morgan fingerprint density at radius 1 is 1.05 bits per heavy atom. The fourth-order valence-electron chi connectivity index (χ4n) is 5.37. The SMILES string of the molecule is CC(=O)N1CC(c2ccc(OC(F)F)c(OCC3CC3)c2)C[C@@H]1C(=O)NCc1cccc(C(=O)N(C)Cc2ccccc2)n1. The molecule has 0 spiro atoms. The Labute approximate surface area is 255 Å². The molecule has 1 aromatic heterocycles. The quantitative estimate of drug-likeness (QED) is 0.319. The molecule has 44 heavy (non-hydrogen) atoms. The van der Waals surface area contributed by atoms with Gasteiger partial charge in [0.2, 0.25) is 11.8 Å². The van der Waals surface area contributed by atoms with Crippen molar-refractivity contribution in [3.8, 4) is 11.5 Å². The molecule has 11 heteroatoms. The summed E-state index contributed by atoms with van der Waals surface area (Å²) in [5, 5.41) is 2.87. The van der Waals surface area contributed by atoms with E-state index in [0.717, 1.165) is 24.0 Å². The zero-order chi connectivity index (χ0) is 31.2. The first kappa shape index (κ1) is 30.9. The summed E-state index contributed by atoms with van der Waals surface area (Å²) in [5.74, 6) is -0.444. The van der Waals surface area contributed by atoms with Crippen LogP contribution in [0.5, 0.6) is 11.5 Å². The van der Waals surface area contributed by atoms with Crippen molar-refractivity contribution < 1.29 is 32.6 Å². The lowest BCUT2D eigenvalue weighted by molar-refractivity contribution is -0.136. The molecule has 0 bridgehead atoms. The van der Waals surface area contributed by atoms with Gasteiger partial charge in [0.25, 0.3) is 5.91 Å². The van der Waals surface area contributed by atoms with Crippen molar-refractivity contribution in [1.82, 2.24) is 20.1 Å². The van der Waals surface area contributed by atoms with Crippen LogP contribution in [0.3, 0.4) is 0 Å². The van der Waals surface area contributed by atoms with Crippen LogP contribution < -0.4 is 14.8 Å². The average Bonchev–Trinajstić information content (AvgIpc) is 3.74. The van der Waals surface area contributed by atoms with Gasteiger partial charge in [-0.3, -0.25) is 14.4 Å². The number of nitrogens with zero attached hydrogens (tertiary/aromatic N) is 3. The van der Waals surface area contributed by atoms with Crippen LogP contribution in [0.15, 0.2) is 66.7 Å². The van der Waals surface area contributed by atoms with E-state index in [1.807, 2.05) is 30.3 Å². The summed E-state index contributed by atoms with van der Waals surface area (Å²) in [6.07, 6.45) is 2.43. The highest BCUT2D eigenvalue weighted by Crippen LogP contribution is 2.39. The van der Waals surface area contributed by atoms with Gasteiger partial charge in [0, 0.05) is 33.0 Å². The number of ether oxygens (including phenoxy) is 2. The third-order valence-corrected chi connectivity index (χ3v) is 7.91. The lowest BCUT2D eigenvalue weighted by atomic mass is 9.95. The molecule has 2 heterocycles. The second kappa shape index (κ2) is 13.8. The van der Waals surface area contributed by atoms with Gasteiger partial charge in [0.1, 0.15) is 11.7 Å². The lowest BCUT2D eigenvalue weighted by Crippen LogP contribution is -2.45. The maximum atomic E-state index is 13.3. The molecule has 1 saturated heterocycles. The van der Waals surface area contributed by atoms with E-state index in [0.29, 0.717) is 37.7 Å². The molecule has 1 unspecified atom stereocenters. The fourth-order valence-corrected chi connectivity index (χ4v) is 5.37. The lowest BCUT2D eigenvalue weighted by Gasteiger charge is -2.22. The minimum absolute atomic E-state index is 0.0421. The van der Waals surface area contributed by atoms with Gasteiger partial charge in [-0.25, -0.2) is 4.98 Å². The van der Waals surface area contributed by atoms with Crippen LogP contribution in [-0.2, 0) is 22.7 Å². The van der Waals surface area contributed by atoms with Gasteiger partial charge >= 0.3 is 6.61 Å². The molecule has 0 radical (unpaired) electrons. The van der Waals surface area contributed by atoms with E-state index in [4.69, 9.17) is 4.74 Å². The Morgan fingerprint density at radius 3 is 2.52 bits per heavy atom. The molecule has 2 atom stereocenters. The van der Waals surface area contributed by atoms with Gasteiger partial charge in [-0.15, -0.1) is 0 Å². The number of benzene rings is 2. The second-order valence-electron chi connectivity index (χ2n) is 11.3. The molecule has 1 aliphatic heterocycles. The molecular formula is C33H36F2N4O5. The normalized spacial score (nSPS) is 17.8. The number of hydrogen-bond acceptors (Lipinski definition) is 6. The van der Waals surface area contributed by atoms with E-state index < -0.39 is 12.7 Å². The van der Waals surface area contributed by atoms with Crippen molar-refractivity contribution in [3.63, 3.8) is 0 Å². The number of halogens is 2. The summed E-state index contributed by atoms with van der Waals surface area (Å²) in [6.45, 7) is -0.353. The molecule has 2 aliphatic rings. The number of aromatic nitrogens is 1. The number of amides is 3. The summed E-state index contributed by atoms with van der Waals surface area (Å²) in [4.78, 5) is 46.4. The Morgan fingerprint density at radius 2 is 1.82 bits per heavy atom. The predicted octanol–water partition coefficient (Wildman–Crippen LogP) is 4.76. The molecule has 1 saturated carbocycles. The smallest absolute Gasteiger partial charge is 0.387 e. The number of carbonyl (C=O) groups excluding carboxylic acids is 3. The summed E-state index contributed by atoms with van der Waals surface area (Å²) in [5.41, 5.74) is 2.54. The number of rotatable bonds is 12. The summed E-state index contributed by atoms with van der Waals surface area (Å²) in [6, 6.07) is 18.8. The standard InChI is InChI=1S/C33H36F2N4O5/c1-21(40)39-19-25(24-13-14-29(44-33(34)35)30(16-24)43-20-23-11-12-23)15-28(39)31(41)36-17-26-9-6-10-27(37-26)32(42)38(2)18-22-7-4-3-5-8-22/h3-10,13-14,16,23,25,28,33H,11-12,15,17-20H2,1-2H3,(H,36,41)/t25?,28-/m1/s1. The molecule has 232 valence electrons. The van der Waals surface area contributed by atoms with Crippen molar-refractivity contribution >= 4 is 17.7 Å². The molecule has 1 aliphatic carbocycles. The zero-order valence-electron chi connectivity index (χ0n) is 24.7. The number of hydrogen-bond donors (Lipinski definition) is 1. The maximum Gasteiger partial charge on any atom is 0.387 e. The number of carbonyl (C=O) groups is 3. The van der Waals surface area contributed by atoms with Crippen molar-refractivity contribution in [2.24, 2.45) is 5.92 Å². The fraction of sp³-hybridized carbons (Fsp3) is 0.394. The van der Waals surface area contributed by atoms with E-state index in [1.165, 1.54) is 17.9 Å². The molecule has 3 amide bonds. The van der Waals surface area contributed by atoms with Gasteiger partial charge in [0.15, 0.2) is 11.5 Å². The molecule has 1 N–H and O–H groups in total. The molecular weight excluding hydrogens is 570 g/mol. The van der Waals surface area contributed by atoms with Crippen LogP contribution in [0.2, 0.25) is 0 Å². The summed E-state index contributed by atoms with van der Waals surface area (Å²) in [7, 11) is 1.71. The average molecular weight is 607 g/mol. The van der Waals surface area contributed by atoms with Gasteiger partial charge < -0.3 is 24.6 Å². The predicted molar refractivity (Wildman–Crippen MR) is 158 cm³/mol. The Kier molecular flexibility index (Phi) is 9.72. The Balaban J connectivity index is 1.23. The highest BCUT2D eigenvalue weighted by molar-refractivity contribution is 5.92. The third-order valence-electron chi connectivity index (χ3n) is 7.91. The molecule has 5 rings (SSSR count). The minimum atomic E-state index is -2.99. The molecule has 9 nitrogen and oxygen atoms in total. The van der Waals surface area contributed by atoms with Crippen molar-refractivity contribution in [2.45, 2.75) is 57.8 Å². The van der Waals surface area contributed by atoms with Gasteiger partial charge in [0.05, 0.1) is 18.8 Å². The second-order valence-corrected chi connectivity index (χ2v) is 11.3. The Hall–Kier alpha value is -4.54. The van der Waals surface area contributed by atoms with Gasteiger partial charge in [-0.05, 0) is 60.6 Å². The van der Waals surface area contributed by atoms with Gasteiger partial charge in [-0.2, -0.15) is 8.78 Å². The van der Waals surface area contributed by atoms with Crippen LogP contribution >= 0.6 is 0 Å². The van der Waals surface area contributed by atoms with Crippen LogP contribution in [0, 0.1) is 5.92 Å². The first-order valence-electron chi connectivity index (χ1n) is 14.7. The summed E-state index contributed by atoms with van der Waals surface area (Å²) < 4.78 is 36.4. The van der Waals surface area contributed by atoms with Crippen LogP contribution in [0.25, 0.3) is 0 Å². The highest BCUT2D eigenvalue weighted by atomic mass is 19.3. The van der Waals surface area contributed by atoms with Crippen LogP contribution in [-0.4, -0.2) is 65.4 Å². The van der Waals surface area contributed by atoms with Crippen molar-refractivity contribution in [2.75, 3.05) is 20.2 Å². The number of pyridine rings is 1. The van der Waals surface area contributed by atoms with E-state index in [2.05, 4.69) is 15.0 Å². The largest absolute Gasteiger partial charge is 0.489 e. The van der Waals surface area contributed by atoms with Crippen LogP contribution in [0.1, 0.15) is 59.4 Å². The van der Waals surface area contributed by atoms with E-state index >= 15 is 0 Å². The van der Waals surface area contributed by atoms with Crippen LogP contribution in [0.4, 0.5) is 8.78 Å². The van der Waals surface area contributed by atoms with E-state index in [-0.39, 0.29) is 47.4 Å². The zero-order valence-corrected chi connectivity index (χ0v) is 24.7. The first-order chi connectivity index (χ1) is 21.2. The van der Waals surface area contributed by atoms with E-state index in [9.17, 15) is 23.2 Å². The maximum absolute atomic E-state index is 13.3.